The largest absolute Gasteiger partial charge is 0.481 e. The van der Waals surface area contributed by atoms with Gasteiger partial charge < -0.3 is 9.67 Å². The molecule has 0 saturated carbocycles. The highest BCUT2D eigenvalue weighted by Crippen LogP contribution is 2.18. The molecule has 0 bridgehead atoms. The fourth-order valence-electron chi connectivity index (χ4n) is 3.28. The number of carboxylic acids is 1. The van der Waals surface area contributed by atoms with Crippen LogP contribution in [0.15, 0.2) is 0 Å². The quantitative estimate of drug-likeness (QED) is 0.869. The molecular weight excluding hydrogens is 226 g/mol. The molecule has 1 N–H and O–H groups in total. The Kier molecular flexibility index (Phi) is 2.98. The first-order chi connectivity index (χ1) is 8.77. The van der Waals surface area contributed by atoms with Crippen molar-refractivity contribution in [1.29, 1.82) is 0 Å². The van der Waals surface area contributed by atoms with E-state index in [1.807, 2.05) is 0 Å². The Morgan fingerprint density at radius 1 is 1.22 bits per heavy atom. The van der Waals surface area contributed by atoms with Crippen LogP contribution in [0.2, 0.25) is 0 Å². The van der Waals surface area contributed by atoms with Crippen molar-refractivity contribution in [3.05, 3.63) is 21.8 Å². The molecule has 1 aromatic rings. The van der Waals surface area contributed by atoms with E-state index < -0.39 is 5.97 Å². The Labute approximate surface area is 106 Å². The van der Waals surface area contributed by atoms with Crippen LogP contribution in [0.4, 0.5) is 0 Å². The van der Waals surface area contributed by atoms with Gasteiger partial charge in [0.15, 0.2) is 0 Å². The molecule has 0 atom stereocenters. The molecule has 3 nitrogen and oxygen atoms in total. The number of hydrogen-bond donors (Lipinski definition) is 1. The van der Waals surface area contributed by atoms with Gasteiger partial charge in [-0.25, -0.2) is 0 Å². The van der Waals surface area contributed by atoms with Gasteiger partial charge in [0, 0.05) is 17.6 Å². The second kappa shape index (κ2) is 4.63. The predicted octanol–water partition coefficient (Wildman–Crippen LogP) is 1.20. The fourth-order valence-corrected chi connectivity index (χ4v) is 3.28. The van der Waals surface area contributed by atoms with Gasteiger partial charge in [-0.15, -0.1) is 0 Å². The zero-order valence-corrected chi connectivity index (χ0v) is 10.6. The van der Waals surface area contributed by atoms with Crippen LogP contribution < -0.4 is 10.6 Å². The number of aliphatic carboxylic acids is 1. The minimum Gasteiger partial charge on any atom is -0.481 e. The highest BCUT2D eigenvalue weighted by molar-refractivity contribution is 5.66. The summed E-state index contributed by atoms with van der Waals surface area (Å²) in [4.78, 5) is 10.8. The van der Waals surface area contributed by atoms with Gasteiger partial charge >= 0.3 is 5.97 Å². The molecule has 0 saturated heterocycles. The van der Waals surface area contributed by atoms with Gasteiger partial charge in [-0.1, -0.05) is 12.2 Å². The zero-order valence-electron chi connectivity index (χ0n) is 10.6. The van der Waals surface area contributed by atoms with E-state index in [-0.39, 0.29) is 6.42 Å². The van der Waals surface area contributed by atoms with Gasteiger partial charge in [0.2, 0.25) is 0 Å². The molecular formula is C15H19NO2. The van der Waals surface area contributed by atoms with Crippen molar-refractivity contribution in [3.63, 3.8) is 0 Å². The highest BCUT2D eigenvalue weighted by atomic mass is 16.4. The van der Waals surface area contributed by atoms with Crippen LogP contribution in [0.25, 0.3) is 12.2 Å². The molecule has 0 aromatic carbocycles. The van der Waals surface area contributed by atoms with E-state index in [9.17, 15) is 4.79 Å². The molecule has 3 rings (SSSR count). The topological polar surface area (TPSA) is 42.2 Å². The van der Waals surface area contributed by atoms with Gasteiger partial charge in [0.25, 0.3) is 0 Å². The van der Waals surface area contributed by atoms with Crippen molar-refractivity contribution in [2.75, 3.05) is 0 Å². The van der Waals surface area contributed by atoms with E-state index in [1.165, 1.54) is 41.1 Å². The number of rotatable bonds is 3. The maximum Gasteiger partial charge on any atom is 0.305 e. The number of hydrogen-bond acceptors (Lipinski definition) is 1. The summed E-state index contributed by atoms with van der Waals surface area (Å²) in [6.45, 7) is 0.622. The molecule has 0 spiro atoms. The minimum atomic E-state index is -0.707. The molecule has 0 unspecified atom stereocenters. The van der Waals surface area contributed by atoms with Crippen molar-refractivity contribution in [1.82, 2.24) is 4.57 Å². The first-order valence-electron chi connectivity index (χ1n) is 6.90. The average molecular weight is 245 g/mol. The standard InChI is InChI=1S/C15H19NO2/c17-15(18)9-10-16-13-7-3-1-5-11(13)12-6-2-4-8-14(12)16/h5,7H,1-4,6,8-10H2,(H,17,18). The summed E-state index contributed by atoms with van der Waals surface area (Å²) in [6, 6.07) is 0. The maximum absolute atomic E-state index is 10.8. The van der Waals surface area contributed by atoms with Gasteiger partial charge in [-0.2, -0.15) is 0 Å². The first kappa shape index (κ1) is 11.6. The lowest BCUT2D eigenvalue weighted by atomic mass is 9.96. The molecule has 0 aliphatic heterocycles. The minimum absolute atomic E-state index is 0.224. The van der Waals surface area contributed by atoms with Crippen LogP contribution in [0, 0.1) is 0 Å². The van der Waals surface area contributed by atoms with Crippen LogP contribution in [0.1, 0.15) is 43.4 Å². The van der Waals surface area contributed by atoms with Crippen molar-refractivity contribution in [2.24, 2.45) is 0 Å². The summed E-state index contributed by atoms with van der Waals surface area (Å²) in [5, 5.41) is 11.6. The summed E-state index contributed by atoms with van der Waals surface area (Å²) in [5.74, 6) is -0.707. The molecule has 0 fully saturated rings. The van der Waals surface area contributed by atoms with E-state index in [0.29, 0.717) is 6.54 Å². The van der Waals surface area contributed by atoms with Crippen LogP contribution >= 0.6 is 0 Å². The van der Waals surface area contributed by atoms with E-state index in [0.717, 1.165) is 19.3 Å². The number of aromatic nitrogens is 1. The highest BCUT2D eigenvalue weighted by Gasteiger charge is 2.19. The number of nitrogens with zero attached hydrogens (tertiary/aromatic N) is 1. The summed E-state index contributed by atoms with van der Waals surface area (Å²) in [7, 11) is 0. The van der Waals surface area contributed by atoms with Crippen LogP contribution in [0.3, 0.4) is 0 Å². The Morgan fingerprint density at radius 2 is 2.00 bits per heavy atom. The second-order valence-corrected chi connectivity index (χ2v) is 5.21. The normalized spacial score (nSPS) is 17.3. The van der Waals surface area contributed by atoms with Crippen LogP contribution in [-0.2, 0) is 24.2 Å². The Hall–Kier alpha value is -1.51. The van der Waals surface area contributed by atoms with Crippen molar-refractivity contribution < 1.29 is 9.90 Å². The smallest absolute Gasteiger partial charge is 0.305 e. The molecule has 0 radical (unpaired) electrons. The molecule has 3 heteroatoms. The number of fused-ring (bicyclic) bond motifs is 3. The summed E-state index contributed by atoms with van der Waals surface area (Å²) < 4.78 is 2.27. The molecule has 2 aliphatic rings. The summed E-state index contributed by atoms with van der Waals surface area (Å²) >= 11 is 0. The number of carboxylic acid groups (broad SMARTS) is 1. The second-order valence-electron chi connectivity index (χ2n) is 5.21. The maximum atomic E-state index is 10.8. The molecule has 96 valence electrons. The lowest BCUT2D eigenvalue weighted by Crippen LogP contribution is -2.32. The van der Waals surface area contributed by atoms with Gasteiger partial charge in [0.05, 0.1) is 6.42 Å². The van der Waals surface area contributed by atoms with E-state index >= 15 is 0 Å². The molecule has 2 aliphatic carbocycles. The average Bonchev–Trinajstić information content (AvgIpc) is 2.71. The third kappa shape index (κ3) is 1.88. The van der Waals surface area contributed by atoms with Crippen molar-refractivity contribution in [3.8, 4) is 0 Å². The van der Waals surface area contributed by atoms with Gasteiger partial charge in [0.1, 0.15) is 0 Å². The van der Waals surface area contributed by atoms with Crippen molar-refractivity contribution in [2.45, 2.75) is 51.5 Å². The Morgan fingerprint density at radius 3 is 2.83 bits per heavy atom. The van der Waals surface area contributed by atoms with Crippen LogP contribution in [-0.4, -0.2) is 15.6 Å². The molecule has 0 amide bonds. The Balaban J connectivity index is 2.12. The number of carbonyl (C=O) groups is 1. The van der Waals surface area contributed by atoms with E-state index in [1.54, 1.807) is 0 Å². The summed E-state index contributed by atoms with van der Waals surface area (Å²) in [5.41, 5.74) is 2.90. The molecule has 1 aromatic heterocycles. The van der Waals surface area contributed by atoms with E-state index in [4.69, 9.17) is 5.11 Å². The van der Waals surface area contributed by atoms with Crippen molar-refractivity contribution >= 4 is 18.1 Å². The first-order valence-corrected chi connectivity index (χ1v) is 6.90. The van der Waals surface area contributed by atoms with E-state index in [2.05, 4.69) is 16.7 Å². The lowest BCUT2D eigenvalue weighted by Gasteiger charge is -2.15. The third-order valence-electron chi connectivity index (χ3n) is 4.06. The third-order valence-corrected chi connectivity index (χ3v) is 4.06. The molecule has 18 heavy (non-hydrogen) atoms. The Bertz CT molecular complexity index is 595. The van der Waals surface area contributed by atoms with Crippen LogP contribution in [0.5, 0.6) is 0 Å². The SMILES string of the molecule is O=C(O)CCn1c2c(c3c1=CCCC=3)CCCC2. The van der Waals surface area contributed by atoms with Gasteiger partial charge in [-0.3, -0.25) is 4.79 Å². The molecule has 1 heterocycles. The monoisotopic (exact) mass is 245 g/mol. The summed E-state index contributed by atoms with van der Waals surface area (Å²) in [6.07, 6.45) is 11.9. The fraction of sp³-hybridized carbons (Fsp3) is 0.533. The lowest BCUT2D eigenvalue weighted by molar-refractivity contribution is -0.137. The zero-order chi connectivity index (χ0) is 12.5. The predicted molar refractivity (Wildman–Crippen MR) is 70.7 cm³/mol. The van der Waals surface area contributed by atoms with Gasteiger partial charge in [-0.05, 0) is 49.3 Å².